The molecule has 2 aromatic rings. The monoisotopic (exact) mass is 434 g/mol. The van der Waals surface area contributed by atoms with Crippen LogP contribution in [0.5, 0.6) is 5.75 Å². The van der Waals surface area contributed by atoms with Gasteiger partial charge in [-0.15, -0.1) is 0 Å². The number of aromatic nitrogens is 2. The SMILES string of the molecule is COc1ccc(S(=O)(=O)N2CCC(NC(=O)CCc3c(C)nn(C)c3C)CC2)cc1. The molecule has 0 spiro atoms. The Morgan fingerprint density at radius 2 is 1.83 bits per heavy atom. The largest absolute Gasteiger partial charge is 0.497 e. The zero-order valence-electron chi connectivity index (χ0n) is 18.0. The zero-order chi connectivity index (χ0) is 21.9. The lowest BCUT2D eigenvalue weighted by atomic mass is 10.0. The Kier molecular flexibility index (Phi) is 6.82. The minimum absolute atomic E-state index is 0.00379. The summed E-state index contributed by atoms with van der Waals surface area (Å²) in [5, 5.41) is 7.44. The van der Waals surface area contributed by atoms with Crippen LogP contribution in [0.1, 0.15) is 36.2 Å². The van der Waals surface area contributed by atoms with Gasteiger partial charge in [0.05, 0.1) is 17.7 Å². The van der Waals surface area contributed by atoms with Crippen LogP contribution < -0.4 is 10.1 Å². The number of carbonyl (C=O) groups is 1. The van der Waals surface area contributed by atoms with E-state index in [0.29, 0.717) is 44.5 Å². The lowest BCUT2D eigenvalue weighted by Crippen LogP contribution is -2.46. The molecular formula is C21H30N4O4S. The highest BCUT2D eigenvalue weighted by Crippen LogP contribution is 2.23. The maximum atomic E-state index is 12.8. The summed E-state index contributed by atoms with van der Waals surface area (Å²) in [5.74, 6) is 0.612. The second kappa shape index (κ2) is 9.18. The number of aryl methyl sites for hydroxylation is 2. The van der Waals surface area contributed by atoms with Gasteiger partial charge in [-0.05, 0) is 62.9 Å². The minimum atomic E-state index is -3.54. The van der Waals surface area contributed by atoms with Crippen molar-refractivity contribution in [1.29, 1.82) is 0 Å². The van der Waals surface area contributed by atoms with Crippen molar-refractivity contribution in [2.75, 3.05) is 20.2 Å². The zero-order valence-corrected chi connectivity index (χ0v) is 18.8. The van der Waals surface area contributed by atoms with Crippen molar-refractivity contribution in [3.05, 3.63) is 41.2 Å². The van der Waals surface area contributed by atoms with Crippen molar-refractivity contribution in [2.24, 2.45) is 7.05 Å². The molecule has 2 heterocycles. The van der Waals surface area contributed by atoms with Gasteiger partial charge in [0.2, 0.25) is 15.9 Å². The van der Waals surface area contributed by atoms with E-state index in [0.717, 1.165) is 17.0 Å². The molecule has 1 aromatic heterocycles. The molecule has 1 aliphatic heterocycles. The molecule has 8 nitrogen and oxygen atoms in total. The minimum Gasteiger partial charge on any atom is -0.497 e. The number of amides is 1. The lowest BCUT2D eigenvalue weighted by Gasteiger charge is -2.31. The Morgan fingerprint density at radius 3 is 2.37 bits per heavy atom. The van der Waals surface area contributed by atoms with Gasteiger partial charge in [-0.2, -0.15) is 9.40 Å². The van der Waals surface area contributed by atoms with Gasteiger partial charge in [-0.25, -0.2) is 8.42 Å². The third-order valence-corrected chi connectivity index (χ3v) is 7.69. The molecule has 0 atom stereocenters. The van der Waals surface area contributed by atoms with Crippen LogP contribution in [-0.4, -0.2) is 54.7 Å². The fourth-order valence-corrected chi connectivity index (χ4v) is 5.32. The van der Waals surface area contributed by atoms with Crippen LogP contribution in [-0.2, 0) is 28.3 Å². The smallest absolute Gasteiger partial charge is 0.243 e. The molecule has 0 aliphatic carbocycles. The molecule has 1 amide bonds. The second-order valence-electron chi connectivity index (χ2n) is 7.69. The van der Waals surface area contributed by atoms with Crippen LogP contribution in [0.15, 0.2) is 29.2 Å². The first-order chi connectivity index (χ1) is 14.2. The van der Waals surface area contributed by atoms with Gasteiger partial charge >= 0.3 is 0 Å². The van der Waals surface area contributed by atoms with Crippen LogP contribution >= 0.6 is 0 Å². The fourth-order valence-electron chi connectivity index (χ4n) is 3.85. The van der Waals surface area contributed by atoms with Crippen LogP contribution in [0.3, 0.4) is 0 Å². The van der Waals surface area contributed by atoms with Crippen molar-refractivity contribution in [1.82, 2.24) is 19.4 Å². The summed E-state index contributed by atoms with van der Waals surface area (Å²) in [6, 6.07) is 6.40. The summed E-state index contributed by atoms with van der Waals surface area (Å²) in [7, 11) is -0.0908. The predicted molar refractivity (Wildman–Crippen MR) is 114 cm³/mol. The van der Waals surface area contributed by atoms with E-state index in [1.807, 2.05) is 25.6 Å². The maximum absolute atomic E-state index is 12.8. The van der Waals surface area contributed by atoms with Crippen LogP contribution in [0, 0.1) is 13.8 Å². The number of ether oxygens (including phenoxy) is 1. The highest BCUT2D eigenvalue weighted by atomic mass is 32.2. The number of hydrogen-bond donors (Lipinski definition) is 1. The fraction of sp³-hybridized carbons (Fsp3) is 0.524. The molecule has 0 saturated carbocycles. The van der Waals surface area contributed by atoms with Crippen molar-refractivity contribution >= 4 is 15.9 Å². The maximum Gasteiger partial charge on any atom is 0.243 e. The second-order valence-corrected chi connectivity index (χ2v) is 9.63. The molecule has 1 N–H and O–H groups in total. The van der Waals surface area contributed by atoms with E-state index in [2.05, 4.69) is 10.4 Å². The van der Waals surface area contributed by atoms with E-state index in [9.17, 15) is 13.2 Å². The van der Waals surface area contributed by atoms with Gasteiger partial charge in [0.15, 0.2) is 0 Å². The summed E-state index contributed by atoms with van der Waals surface area (Å²) in [6.45, 7) is 4.74. The average Bonchev–Trinajstić information content (AvgIpc) is 2.98. The molecule has 0 unspecified atom stereocenters. The van der Waals surface area contributed by atoms with E-state index in [-0.39, 0.29) is 16.8 Å². The first kappa shape index (κ1) is 22.3. The summed E-state index contributed by atoms with van der Waals surface area (Å²) < 4.78 is 34.1. The third-order valence-electron chi connectivity index (χ3n) is 5.78. The molecule has 9 heteroatoms. The van der Waals surface area contributed by atoms with Gasteiger partial charge in [-0.3, -0.25) is 9.48 Å². The Morgan fingerprint density at radius 1 is 1.20 bits per heavy atom. The number of sulfonamides is 1. The van der Waals surface area contributed by atoms with Gasteiger partial charge in [0.1, 0.15) is 5.75 Å². The number of nitrogens with one attached hydrogen (secondary N) is 1. The summed E-state index contributed by atoms with van der Waals surface area (Å²) in [4.78, 5) is 12.6. The topological polar surface area (TPSA) is 93.5 Å². The number of benzene rings is 1. The number of piperidine rings is 1. The van der Waals surface area contributed by atoms with Gasteiger partial charge in [0, 0.05) is 38.3 Å². The highest BCUT2D eigenvalue weighted by molar-refractivity contribution is 7.89. The Bertz CT molecular complexity index is 991. The molecule has 30 heavy (non-hydrogen) atoms. The molecule has 1 aliphatic rings. The Balaban J connectivity index is 1.50. The Hall–Kier alpha value is -2.39. The molecule has 164 valence electrons. The molecule has 1 saturated heterocycles. The van der Waals surface area contributed by atoms with Crippen LogP contribution in [0.4, 0.5) is 0 Å². The number of methoxy groups -OCH3 is 1. The van der Waals surface area contributed by atoms with E-state index in [1.54, 1.807) is 31.4 Å². The molecular weight excluding hydrogens is 404 g/mol. The van der Waals surface area contributed by atoms with E-state index < -0.39 is 10.0 Å². The van der Waals surface area contributed by atoms with Gasteiger partial charge < -0.3 is 10.1 Å². The number of rotatable bonds is 7. The highest BCUT2D eigenvalue weighted by Gasteiger charge is 2.30. The van der Waals surface area contributed by atoms with Crippen molar-refractivity contribution in [3.63, 3.8) is 0 Å². The van der Waals surface area contributed by atoms with Gasteiger partial charge in [0.25, 0.3) is 0 Å². The third kappa shape index (κ3) is 4.84. The molecule has 1 fully saturated rings. The molecule has 0 bridgehead atoms. The quantitative estimate of drug-likeness (QED) is 0.719. The normalized spacial score (nSPS) is 15.9. The van der Waals surface area contributed by atoms with Crippen LogP contribution in [0.25, 0.3) is 0 Å². The average molecular weight is 435 g/mol. The molecule has 1 aromatic carbocycles. The first-order valence-electron chi connectivity index (χ1n) is 10.1. The number of hydrogen-bond acceptors (Lipinski definition) is 5. The predicted octanol–water partition coefficient (Wildman–Crippen LogP) is 1.95. The van der Waals surface area contributed by atoms with Crippen molar-refractivity contribution < 1.29 is 17.9 Å². The van der Waals surface area contributed by atoms with Crippen molar-refractivity contribution in [3.8, 4) is 5.75 Å². The summed E-state index contributed by atoms with van der Waals surface area (Å²) in [5.41, 5.74) is 3.16. The summed E-state index contributed by atoms with van der Waals surface area (Å²) in [6.07, 6.45) is 2.26. The number of nitrogens with zero attached hydrogens (tertiary/aromatic N) is 3. The van der Waals surface area contributed by atoms with E-state index in [4.69, 9.17) is 4.74 Å². The van der Waals surface area contributed by atoms with Crippen LogP contribution in [0.2, 0.25) is 0 Å². The first-order valence-corrected chi connectivity index (χ1v) is 11.6. The Labute approximate surface area is 178 Å². The van der Waals surface area contributed by atoms with Gasteiger partial charge in [-0.1, -0.05) is 0 Å². The standard InChI is InChI=1S/C21H30N4O4S/c1-15-20(16(2)24(3)23-15)9-10-21(26)22-17-11-13-25(14-12-17)30(27,28)19-7-5-18(29-4)6-8-19/h5-8,17H,9-14H2,1-4H3,(H,22,26). The molecule has 3 rings (SSSR count). The van der Waals surface area contributed by atoms with E-state index >= 15 is 0 Å². The van der Waals surface area contributed by atoms with Crippen molar-refractivity contribution in [2.45, 2.75) is 50.5 Å². The molecule has 0 radical (unpaired) electrons. The number of carbonyl (C=O) groups excluding carboxylic acids is 1. The summed E-state index contributed by atoms with van der Waals surface area (Å²) >= 11 is 0. The van der Waals surface area contributed by atoms with E-state index in [1.165, 1.54) is 4.31 Å². The lowest BCUT2D eigenvalue weighted by molar-refractivity contribution is -0.122.